The third-order valence-electron chi connectivity index (χ3n) is 4.46. The molecule has 1 aromatic heterocycles. The zero-order valence-corrected chi connectivity index (χ0v) is 13.5. The van der Waals surface area contributed by atoms with Crippen LogP contribution in [-0.2, 0) is 4.74 Å². The van der Waals surface area contributed by atoms with E-state index in [2.05, 4.69) is 15.8 Å². The van der Waals surface area contributed by atoms with E-state index in [1.54, 1.807) is 31.2 Å². The first-order valence-electron chi connectivity index (χ1n) is 7.98. The molecule has 0 bridgehead atoms. The number of benzene rings is 1. The molecule has 0 aliphatic carbocycles. The van der Waals surface area contributed by atoms with Crippen molar-refractivity contribution in [2.24, 2.45) is 5.92 Å². The molecule has 2 unspecified atom stereocenters. The zero-order chi connectivity index (χ0) is 17.6. The molecule has 4 N–H and O–H groups in total. The van der Waals surface area contributed by atoms with Crippen LogP contribution in [0.25, 0.3) is 5.76 Å². The van der Waals surface area contributed by atoms with Crippen LogP contribution in [0.15, 0.2) is 41.2 Å². The molecule has 2 aliphatic heterocycles. The standard InChI is InChI=1S/C18H17N3O4/c1-9-5-13-14(25-18(24)15(13)17(23)20-9)7-11-8-19-21-16(11)10-3-2-4-12(22)6-10/h2-7,11,16,19,21-22H,8H2,1H3,(H,20,23)/b14-7+. The number of hydrazine groups is 1. The van der Waals surface area contributed by atoms with E-state index < -0.39 is 11.5 Å². The lowest BCUT2D eigenvalue weighted by Crippen LogP contribution is -2.24. The van der Waals surface area contributed by atoms with Crippen molar-refractivity contribution in [3.63, 3.8) is 0 Å². The van der Waals surface area contributed by atoms with Crippen LogP contribution in [0.4, 0.5) is 0 Å². The van der Waals surface area contributed by atoms with E-state index in [0.717, 1.165) is 5.56 Å². The van der Waals surface area contributed by atoms with Crippen molar-refractivity contribution < 1.29 is 14.6 Å². The van der Waals surface area contributed by atoms with E-state index >= 15 is 0 Å². The summed E-state index contributed by atoms with van der Waals surface area (Å²) in [6, 6.07) is 8.66. The number of aromatic hydroxyl groups is 1. The van der Waals surface area contributed by atoms with Gasteiger partial charge in [0.1, 0.15) is 17.1 Å². The second-order valence-corrected chi connectivity index (χ2v) is 6.25. The largest absolute Gasteiger partial charge is 0.508 e. The minimum absolute atomic E-state index is 0.0184. The normalized spacial score (nSPS) is 23.7. The van der Waals surface area contributed by atoms with E-state index in [1.807, 2.05) is 12.1 Å². The predicted octanol–water partition coefficient (Wildman–Crippen LogP) is 1.37. The molecular weight excluding hydrogens is 322 g/mol. The van der Waals surface area contributed by atoms with E-state index in [9.17, 15) is 14.7 Å². The average molecular weight is 339 g/mol. The maximum atomic E-state index is 12.0. The number of fused-ring (bicyclic) bond motifs is 1. The van der Waals surface area contributed by atoms with Gasteiger partial charge >= 0.3 is 5.97 Å². The number of ether oxygens (including phenoxy) is 1. The van der Waals surface area contributed by atoms with Gasteiger partial charge in [-0.15, -0.1) is 0 Å². The van der Waals surface area contributed by atoms with Crippen molar-refractivity contribution in [1.29, 1.82) is 0 Å². The monoisotopic (exact) mass is 339 g/mol. The number of nitrogens with one attached hydrogen (secondary N) is 3. The van der Waals surface area contributed by atoms with Gasteiger partial charge in [0.25, 0.3) is 5.56 Å². The van der Waals surface area contributed by atoms with E-state index in [0.29, 0.717) is 23.6 Å². The van der Waals surface area contributed by atoms with E-state index in [1.165, 1.54) is 0 Å². The van der Waals surface area contributed by atoms with Crippen molar-refractivity contribution in [3.8, 4) is 5.75 Å². The molecule has 0 saturated carbocycles. The molecule has 0 spiro atoms. The molecule has 1 saturated heterocycles. The molecule has 7 heteroatoms. The molecule has 3 heterocycles. The van der Waals surface area contributed by atoms with Crippen molar-refractivity contribution >= 4 is 11.7 Å². The number of aryl methyl sites for hydroxylation is 1. The molecule has 0 radical (unpaired) electrons. The summed E-state index contributed by atoms with van der Waals surface area (Å²) in [6.07, 6.45) is 1.85. The van der Waals surface area contributed by atoms with Gasteiger partial charge in [0, 0.05) is 23.7 Å². The molecule has 1 fully saturated rings. The Bertz CT molecular complexity index is 948. The number of carbonyl (C=O) groups is 1. The molecule has 7 nitrogen and oxygen atoms in total. The smallest absolute Gasteiger partial charge is 0.349 e. The van der Waals surface area contributed by atoms with Gasteiger partial charge < -0.3 is 14.8 Å². The maximum absolute atomic E-state index is 12.0. The van der Waals surface area contributed by atoms with Crippen LogP contribution in [0.2, 0.25) is 0 Å². The topological polar surface area (TPSA) is 103 Å². The van der Waals surface area contributed by atoms with Crippen LogP contribution in [0.5, 0.6) is 5.75 Å². The van der Waals surface area contributed by atoms with Gasteiger partial charge in [-0.1, -0.05) is 12.1 Å². The number of esters is 1. The van der Waals surface area contributed by atoms with Crippen LogP contribution in [-0.4, -0.2) is 22.6 Å². The minimum atomic E-state index is -0.629. The summed E-state index contributed by atoms with van der Waals surface area (Å²) < 4.78 is 5.33. The molecule has 25 heavy (non-hydrogen) atoms. The lowest BCUT2D eigenvalue weighted by atomic mass is 9.93. The Balaban J connectivity index is 1.72. The summed E-state index contributed by atoms with van der Waals surface area (Å²) in [7, 11) is 0. The van der Waals surface area contributed by atoms with Crippen LogP contribution in [0.1, 0.15) is 33.2 Å². The number of cyclic esters (lactones) is 1. The Labute approximate surface area is 143 Å². The summed E-state index contributed by atoms with van der Waals surface area (Å²) in [5.41, 5.74) is 7.97. The average Bonchev–Trinajstić information content (AvgIpc) is 3.13. The molecular formula is C18H17N3O4. The van der Waals surface area contributed by atoms with Crippen LogP contribution < -0.4 is 16.4 Å². The first-order chi connectivity index (χ1) is 12.0. The van der Waals surface area contributed by atoms with E-state index in [-0.39, 0.29) is 23.3 Å². The van der Waals surface area contributed by atoms with Crippen LogP contribution in [0.3, 0.4) is 0 Å². The van der Waals surface area contributed by atoms with Gasteiger partial charge in [-0.25, -0.2) is 10.2 Å². The van der Waals surface area contributed by atoms with Crippen LogP contribution in [0, 0.1) is 12.8 Å². The molecule has 2 aliphatic rings. The summed E-state index contributed by atoms with van der Waals surface area (Å²) in [5.74, 6) is -0.0577. The van der Waals surface area contributed by atoms with Crippen molar-refractivity contribution in [3.05, 3.63) is 69.1 Å². The number of H-pyrrole nitrogens is 1. The van der Waals surface area contributed by atoms with Crippen molar-refractivity contribution in [2.75, 3.05) is 6.54 Å². The molecule has 1 aromatic carbocycles. The quantitative estimate of drug-likeness (QED) is 0.616. The lowest BCUT2D eigenvalue weighted by molar-refractivity contribution is 0.0713. The fraction of sp³-hybridized carbons (Fsp3) is 0.222. The Hall–Kier alpha value is -2.90. The van der Waals surface area contributed by atoms with Crippen molar-refractivity contribution in [1.82, 2.24) is 15.8 Å². The highest BCUT2D eigenvalue weighted by Gasteiger charge is 2.33. The Morgan fingerprint density at radius 3 is 2.92 bits per heavy atom. The summed E-state index contributed by atoms with van der Waals surface area (Å²) >= 11 is 0. The maximum Gasteiger partial charge on any atom is 0.349 e. The third kappa shape index (κ3) is 2.73. The summed E-state index contributed by atoms with van der Waals surface area (Å²) in [5, 5.41) is 9.70. The van der Waals surface area contributed by atoms with Gasteiger partial charge in [-0.3, -0.25) is 10.2 Å². The number of carbonyl (C=O) groups excluding carboxylic acids is 1. The molecule has 2 atom stereocenters. The molecule has 2 aromatic rings. The molecule has 0 amide bonds. The number of hydrogen-bond donors (Lipinski definition) is 4. The minimum Gasteiger partial charge on any atom is -0.508 e. The Kier molecular flexibility index (Phi) is 3.67. The van der Waals surface area contributed by atoms with Gasteiger partial charge in [0.2, 0.25) is 0 Å². The SMILES string of the molecule is Cc1cc2c(c(=O)[nH]1)C(=O)O/C2=C/C1CNNC1c1cccc(O)c1. The summed E-state index contributed by atoms with van der Waals surface area (Å²) in [6.45, 7) is 2.38. The number of phenolic OH excluding ortho intramolecular Hbond substituents is 1. The number of aromatic nitrogens is 1. The second kappa shape index (κ2) is 5.87. The van der Waals surface area contributed by atoms with Crippen LogP contribution >= 0.6 is 0 Å². The van der Waals surface area contributed by atoms with Gasteiger partial charge in [-0.05, 0) is 36.8 Å². The molecule has 128 valence electrons. The van der Waals surface area contributed by atoms with Gasteiger partial charge in [-0.2, -0.15) is 0 Å². The number of hydrogen-bond acceptors (Lipinski definition) is 6. The number of phenols is 1. The second-order valence-electron chi connectivity index (χ2n) is 6.25. The number of pyridine rings is 1. The number of rotatable bonds is 2. The zero-order valence-electron chi connectivity index (χ0n) is 13.5. The first kappa shape index (κ1) is 15.6. The fourth-order valence-electron chi connectivity index (χ4n) is 3.33. The Morgan fingerprint density at radius 2 is 2.12 bits per heavy atom. The van der Waals surface area contributed by atoms with Gasteiger partial charge in [0.05, 0.1) is 6.04 Å². The highest BCUT2D eigenvalue weighted by molar-refractivity contribution is 6.02. The fourth-order valence-corrected chi connectivity index (χ4v) is 3.33. The highest BCUT2D eigenvalue weighted by Crippen LogP contribution is 2.34. The third-order valence-corrected chi connectivity index (χ3v) is 4.46. The highest BCUT2D eigenvalue weighted by atomic mass is 16.5. The predicted molar refractivity (Wildman–Crippen MR) is 90.7 cm³/mol. The first-order valence-corrected chi connectivity index (χ1v) is 7.98. The van der Waals surface area contributed by atoms with Crippen molar-refractivity contribution in [2.45, 2.75) is 13.0 Å². The lowest BCUT2D eigenvalue weighted by Gasteiger charge is -2.16. The molecule has 4 rings (SSSR count). The summed E-state index contributed by atoms with van der Waals surface area (Å²) in [4.78, 5) is 26.7. The van der Waals surface area contributed by atoms with E-state index in [4.69, 9.17) is 4.74 Å². The number of aromatic amines is 1. The van der Waals surface area contributed by atoms with Gasteiger partial charge in [0.15, 0.2) is 0 Å². The Morgan fingerprint density at radius 1 is 1.28 bits per heavy atom.